The first-order valence-electron chi connectivity index (χ1n) is 7.59. The van der Waals surface area contributed by atoms with Crippen LogP contribution in [0.25, 0.3) is 6.08 Å². The highest BCUT2D eigenvalue weighted by Gasteiger charge is 2.21. The van der Waals surface area contributed by atoms with Gasteiger partial charge in [0, 0.05) is 12.5 Å². The number of carboxylic acid groups (broad SMARTS) is 2. The summed E-state index contributed by atoms with van der Waals surface area (Å²) in [5.41, 5.74) is 6.54. The second-order valence-electron chi connectivity index (χ2n) is 5.40. The van der Waals surface area contributed by atoms with Crippen LogP contribution in [0.5, 0.6) is 0 Å². The molecule has 1 amide bonds. The average Bonchev–Trinajstić information content (AvgIpc) is 2.57. The molecule has 24 heavy (non-hydrogen) atoms. The van der Waals surface area contributed by atoms with E-state index >= 15 is 0 Å². The zero-order valence-electron chi connectivity index (χ0n) is 13.3. The summed E-state index contributed by atoms with van der Waals surface area (Å²) < 4.78 is 0. The topological polar surface area (TPSA) is 121 Å². The van der Waals surface area contributed by atoms with Gasteiger partial charge in [-0.3, -0.25) is 9.69 Å². The van der Waals surface area contributed by atoms with E-state index in [0.29, 0.717) is 0 Å². The van der Waals surface area contributed by atoms with Gasteiger partial charge >= 0.3 is 11.9 Å². The Bertz CT molecular complexity index is 566. The number of hydrogen-bond donors (Lipinski definition) is 3. The molecule has 1 aliphatic heterocycles. The van der Waals surface area contributed by atoms with E-state index in [9.17, 15) is 4.79 Å². The van der Waals surface area contributed by atoms with Crippen molar-refractivity contribution in [2.45, 2.75) is 12.8 Å². The Hall–Kier alpha value is -2.67. The number of carboxylic acids is 2. The first kappa shape index (κ1) is 19.4. The van der Waals surface area contributed by atoms with Crippen LogP contribution < -0.4 is 5.73 Å². The number of piperidine rings is 1. The van der Waals surface area contributed by atoms with Crippen LogP contribution in [0.3, 0.4) is 0 Å². The van der Waals surface area contributed by atoms with Crippen LogP contribution in [0.4, 0.5) is 0 Å². The fraction of sp³-hybridized carbons (Fsp3) is 0.353. The van der Waals surface area contributed by atoms with Gasteiger partial charge in [-0.1, -0.05) is 42.5 Å². The molecule has 0 bridgehead atoms. The number of carbonyl (C=O) groups is 3. The number of rotatable bonds is 4. The molecule has 4 N–H and O–H groups in total. The molecule has 0 radical (unpaired) electrons. The molecule has 1 heterocycles. The minimum absolute atomic E-state index is 0.0827. The van der Waals surface area contributed by atoms with Gasteiger partial charge in [0.05, 0.1) is 0 Å². The van der Waals surface area contributed by atoms with Crippen molar-refractivity contribution in [3.63, 3.8) is 0 Å². The van der Waals surface area contributed by atoms with Gasteiger partial charge in [0.2, 0.25) is 5.91 Å². The van der Waals surface area contributed by atoms with Gasteiger partial charge in [-0.25, -0.2) is 9.59 Å². The summed E-state index contributed by atoms with van der Waals surface area (Å²) in [6.07, 6.45) is 6.11. The predicted molar refractivity (Wildman–Crippen MR) is 89.1 cm³/mol. The summed E-state index contributed by atoms with van der Waals surface area (Å²) in [7, 11) is 0. The molecular formula is C17H22N2O5. The average molecular weight is 334 g/mol. The fourth-order valence-electron chi connectivity index (χ4n) is 2.30. The third-order valence-corrected chi connectivity index (χ3v) is 3.65. The Morgan fingerprint density at radius 3 is 2.08 bits per heavy atom. The van der Waals surface area contributed by atoms with Crippen LogP contribution in [-0.4, -0.2) is 52.6 Å². The van der Waals surface area contributed by atoms with Crippen molar-refractivity contribution in [2.75, 3.05) is 19.6 Å². The van der Waals surface area contributed by atoms with Gasteiger partial charge in [0.1, 0.15) is 0 Å². The molecule has 0 aliphatic carbocycles. The number of nitrogens with zero attached hydrogens (tertiary/aromatic N) is 1. The van der Waals surface area contributed by atoms with Gasteiger partial charge < -0.3 is 15.9 Å². The number of primary amides is 1. The maximum absolute atomic E-state index is 11.0. The van der Waals surface area contributed by atoms with Gasteiger partial charge in [0.15, 0.2) is 0 Å². The van der Waals surface area contributed by atoms with E-state index in [2.05, 4.69) is 29.2 Å². The SMILES string of the molecule is NC(=O)C1CCN(C/C=C/c2ccccc2)CC1.O=C(O)C(=O)O. The van der Waals surface area contributed by atoms with Crippen LogP contribution in [0.15, 0.2) is 36.4 Å². The second-order valence-corrected chi connectivity index (χ2v) is 5.40. The highest BCUT2D eigenvalue weighted by atomic mass is 16.4. The Morgan fingerprint density at radius 1 is 1.08 bits per heavy atom. The van der Waals surface area contributed by atoms with Crippen LogP contribution in [0, 0.1) is 5.92 Å². The van der Waals surface area contributed by atoms with E-state index in [1.165, 1.54) is 5.56 Å². The lowest BCUT2D eigenvalue weighted by atomic mass is 9.96. The van der Waals surface area contributed by atoms with E-state index in [-0.39, 0.29) is 11.8 Å². The predicted octanol–water partition coefficient (Wildman–Crippen LogP) is 1.05. The summed E-state index contributed by atoms with van der Waals surface area (Å²) in [5.74, 6) is -3.71. The van der Waals surface area contributed by atoms with Crippen molar-refractivity contribution < 1.29 is 24.6 Å². The Kier molecular flexibility index (Phi) is 8.21. The third kappa shape index (κ3) is 7.55. The molecule has 0 atom stereocenters. The molecule has 0 saturated carbocycles. The quantitative estimate of drug-likeness (QED) is 0.708. The van der Waals surface area contributed by atoms with Gasteiger partial charge in [-0.15, -0.1) is 0 Å². The second kappa shape index (κ2) is 10.2. The molecule has 7 nitrogen and oxygen atoms in total. The number of hydrogen-bond acceptors (Lipinski definition) is 4. The van der Waals surface area contributed by atoms with E-state index in [0.717, 1.165) is 32.5 Å². The molecule has 7 heteroatoms. The Morgan fingerprint density at radius 2 is 1.62 bits per heavy atom. The normalized spacial score (nSPS) is 15.5. The summed E-state index contributed by atoms with van der Waals surface area (Å²) in [6.45, 7) is 2.87. The van der Waals surface area contributed by atoms with Crippen molar-refractivity contribution in [3.8, 4) is 0 Å². The molecule has 1 aliphatic rings. The monoisotopic (exact) mass is 334 g/mol. The van der Waals surface area contributed by atoms with Gasteiger partial charge in [-0.05, 0) is 31.5 Å². The lowest BCUT2D eigenvalue weighted by molar-refractivity contribution is -0.159. The number of nitrogens with two attached hydrogens (primary N) is 1. The number of amides is 1. The van der Waals surface area contributed by atoms with Crippen molar-refractivity contribution in [3.05, 3.63) is 42.0 Å². The fourth-order valence-corrected chi connectivity index (χ4v) is 2.30. The molecule has 1 aromatic carbocycles. The molecule has 1 saturated heterocycles. The van der Waals surface area contributed by atoms with E-state index < -0.39 is 11.9 Å². The lowest BCUT2D eigenvalue weighted by Gasteiger charge is -2.29. The van der Waals surface area contributed by atoms with Crippen molar-refractivity contribution in [2.24, 2.45) is 11.7 Å². The van der Waals surface area contributed by atoms with Crippen LogP contribution in [-0.2, 0) is 14.4 Å². The van der Waals surface area contributed by atoms with Crippen LogP contribution in [0.2, 0.25) is 0 Å². The molecule has 0 unspecified atom stereocenters. The summed E-state index contributed by atoms with van der Waals surface area (Å²) in [5, 5.41) is 14.8. The first-order valence-corrected chi connectivity index (χ1v) is 7.59. The van der Waals surface area contributed by atoms with Gasteiger partial charge in [0.25, 0.3) is 0 Å². The minimum Gasteiger partial charge on any atom is -0.473 e. The lowest BCUT2D eigenvalue weighted by Crippen LogP contribution is -2.38. The van der Waals surface area contributed by atoms with Crippen molar-refractivity contribution in [1.29, 1.82) is 0 Å². The molecular weight excluding hydrogens is 312 g/mol. The number of benzene rings is 1. The van der Waals surface area contributed by atoms with Crippen molar-refractivity contribution >= 4 is 23.9 Å². The zero-order chi connectivity index (χ0) is 17.9. The number of aliphatic carboxylic acids is 2. The zero-order valence-corrected chi connectivity index (χ0v) is 13.3. The number of likely N-dealkylation sites (tertiary alicyclic amines) is 1. The van der Waals surface area contributed by atoms with Crippen molar-refractivity contribution in [1.82, 2.24) is 4.90 Å². The molecule has 1 fully saturated rings. The highest BCUT2D eigenvalue weighted by Crippen LogP contribution is 2.16. The Labute approximate surface area is 140 Å². The summed E-state index contributed by atoms with van der Waals surface area (Å²) in [4.78, 5) is 31.6. The van der Waals surface area contributed by atoms with Crippen LogP contribution >= 0.6 is 0 Å². The molecule has 2 rings (SSSR count). The van der Waals surface area contributed by atoms with E-state index in [4.69, 9.17) is 25.5 Å². The number of carbonyl (C=O) groups excluding carboxylic acids is 1. The largest absolute Gasteiger partial charge is 0.473 e. The summed E-state index contributed by atoms with van der Waals surface area (Å²) in [6, 6.07) is 10.3. The van der Waals surface area contributed by atoms with E-state index in [1.807, 2.05) is 18.2 Å². The maximum atomic E-state index is 11.0. The minimum atomic E-state index is -1.82. The smallest absolute Gasteiger partial charge is 0.414 e. The molecule has 0 spiro atoms. The third-order valence-electron chi connectivity index (χ3n) is 3.65. The summed E-state index contributed by atoms with van der Waals surface area (Å²) >= 11 is 0. The highest BCUT2D eigenvalue weighted by molar-refractivity contribution is 6.27. The maximum Gasteiger partial charge on any atom is 0.414 e. The molecule has 1 aromatic rings. The molecule has 0 aromatic heterocycles. The standard InChI is InChI=1S/C15H20N2O.C2H2O4/c16-15(18)14-8-11-17(12-9-14)10-4-7-13-5-2-1-3-6-13;3-1(4)2(5)6/h1-7,14H,8-12H2,(H2,16,18);(H,3,4)(H,5,6)/b7-4+;. The van der Waals surface area contributed by atoms with Gasteiger partial charge in [-0.2, -0.15) is 0 Å². The van der Waals surface area contributed by atoms with E-state index in [1.54, 1.807) is 0 Å². The molecule has 130 valence electrons. The first-order chi connectivity index (χ1) is 11.4. The Balaban J connectivity index is 0.000000413. The van der Waals surface area contributed by atoms with Crippen LogP contribution in [0.1, 0.15) is 18.4 Å².